The van der Waals surface area contributed by atoms with Crippen LogP contribution in [0.25, 0.3) is 0 Å². The SMILES string of the molecule is CCOc1ccccc1NC(=O)CCC(C)(C)CCN. The van der Waals surface area contributed by atoms with Crippen LogP contribution in [0.3, 0.4) is 0 Å². The molecule has 0 aliphatic carbocycles. The number of hydrogen-bond donors (Lipinski definition) is 2. The van der Waals surface area contributed by atoms with Crippen LogP contribution >= 0.6 is 0 Å². The molecule has 0 saturated heterocycles. The van der Waals surface area contributed by atoms with Gasteiger partial charge in [-0.3, -0.25) is 4.79 Å². The maximum Gasteiger partial charge on any atom is 0.224 e. The van der Waals surface area contributed by atoms with E-state index in [1.54, 1.807) is 0 Å². The first-order chi connectivity index (χ1) is 9.48. The molecule has 0 aliphatic rings. The van der Waals surface area contributed by atoms with E-state index in [1.165, 1.54) is 0 Å². The lowest BCUT2D eigenvalue weighted by Gasteiger charge is -2.23. The van der Waals surface area contributed by atoms with Gasteiger partial charge in [-0.1, -0.05) is 26.0 Å². The second-order valence-corrected chi connectivity index (χ2v) is 5.68. The Balaban J connectivity index is 2.54. The molecule has 0 bridgehead atoms. The zero-order valence-corrected chi connectivity index (χ0v) is 12.7. The predicted molar refractivity (Wildman–Crippen MR) is 82.9 cm³/mol. The molecule has 0 aromatic heterocycles. The van der Waals surface area contributed by atoms with Crippen molar-refractivity contribution in [2.75, 3.05) is 18.5 Å². The molecule has 0 atom stereocenters. The molecule has 0 spiro atoms. The molecule has 3 N–H and O–H groups in total. The molecular weight excluding hydrogens is 252 g/mol. The van der Waals surface area contributed by atoms with Crippen LogP contribution in [0.5, 0.6) is 5.75 Å². The molecule has 1 aromatic carbocycles. The highest BCUT2D eigenvalue weighted by molar-refractivity contribution is 5.92. The van der Waals surface area contributed by atoms with Crippen molar-refractivity contribution in [3.8, 4) is 5.75 Å². The van der Waals surface area contributed by atoms with Crippen molar-refractivity contribution in [1.29, 1.82) is 0 Å². The van der Waals surface area contributed by atoms with Crippen LogP contribution < -0.4 is 15.8 Å². The topological polar surface area (TPSA) is 64.3 Å². The lowest BCUT2D eigenvalue weighted by atomic mass is 9.84. The Labute approximate surface area is 121 Å². The Morgan fingerprint density at radius 1 is 1.30 bits per heavy atom. The summed E-state index contributed by atoms with van der Waals surface area (Å²) in [6.45, 7) is 7.44. The van der Waals surface area contributed by atoms with Gasteiger partial charge >= 0.3 is 0 Å². The van der Waals surface area contributed by atoms with Crippen LogP contribution in [0.15, 0.2) is 24.3 Å². The van der Waals surface area contributed by atoms with Crippen molar-refractivity contribution >= 4 is 11.6 Å². The highest BCUT2D eigenvalue weighted by Gasteiger charge is 2.18. The lowest BCUT2D eigenvalue weighted by Crippen LogP contribution is -2.20. The first-order valence-electron chi connectivity index (χ1n) is 7.20. The molecule has 0 saturated carbocycles. The molecule has 1 rings (SSSR count). The van der Waals surface area contributed by atoms with E-state index in [-0.39, 0.29) is 11.3 Å². The molecule has 0 radical (unpaired) electrons. The Kier molecular flexibility index (Phi) is 6.52. The maximum absolute atomic E-state index is 12.0. The molecule has 0 aliphatic heterocycles. The highest BCUT2D eigenvalue weighted by Crippen LogP contribution is 2.27. The van der Waals surface area contributed by atoms with Crippen LogP contribution in [0, 0.1) is 5.41 Å². The number of carbonyl (C=O) groups is 1. The Morgan fingerprint density at radius 2 is 2.00 bits per heavy atom. The summed E-state index contributed by atoms with van der Waals surface area (Å²) < 4.78 is 5.49. The standard InChI is InChI=1S/C16H26N2O2/c1-4-20-14-8-6-5-7-13(14)18-15(19)9-10-16(2,3)11-12-17/h5-8H,4,9-12,17H2,1-3H3,(H,18,19). The third-order valence-corrected chi connectivity index (χ3v) is 3.31. The molecule has 0 heterocycles. The molecule has 1 aromatic rings. The fraction of sp³-hybridized carbons (Fsp3) is 0.562. The quantitative estimate of drug-likeness (QED) is 0.767. The molecular formula is C16H26N2O2. The van der Waals surface area contributed by atoms with Crippen molar-refractivity contribution < 1.29 is 9.53 Å². The maximum atomic E-state index is 12.0. The van der Waals surface area contributed by atoms with Crippen LogP contribution in [-0.2, 0) is 4.79 Å². The van der Waals surface area contributed by atoms with Gasteiger partial charge in [-0.2, -0.15) is 0 Å². The van der Waals surface area contributed by atoms with Gasteiger partial charge in [0.05, 0.1) is 12.3 Å². The first-order valence-corrected chi connectivity index (χ1v) is 7.20. The average molecular weight is 278 g/mol. The summed E-state index contributed by atoms with van der Waals surface area (Å²) in [5.74, 6) is 0.729. The Hall–Kier alpha value is -1.55. The molecule has 4 nitrogen and oxygen atoms in total. The molecule has 20 heavy (non-hydrogen) atoms. The third-order valence-electron chi connectivity index (χ3n) is 3.31. The van der Waals surface area contributed by atoms with E-state index >= 15 is 0 Å². The Morgan fingerprint density at radius 3 is 2.65 bits per heavy atom. The van der Waals surface area contributed by atoms with E-state index in [9.17, 15) is 4.79 Å². The number of nitrogens with two attached hydrogens (primary N) is 1. The Bertz CT molecular complexity index is 430. The van der Waals surface area contributed by atoms with Gasteiger partial charge in [0.15, 0.2) is 0 Å². The number of amides is 1. The molecule has 112 valence electrons. The van der Waals surface area contributed by atoms with Crippen molar-refractivity contribution in [2.45, 2.75) is 40.0 Å². The molecule has 1 amide bonds. The van der Waals surface area contributed by atoms with Gasteiger partial charge in [-0.15, -0.1) is 0 Å². The summed E-state index contributed by atoms with van der Waals surface area (Å²) in [7, 11) is 0. The minimum atomic E-state index is 0.0160. The number of nitrogens with one attached hydrogen (secondary N) is 1. The summed E-state index contributed by atoms with van der Waals surface area (Å²) in [6, 6.07) is 7.49. The molecule has 4 heteroatoms. The summed E-state index contributed by atoms with van der Waals surface area (Å²) >= 11 is 0. The van der Waals surface area contributed by atoms with Gasteiger partial charge in [0.2, 0.25) is 5.91 Å². The van der Waals surface area contributed by atoms with Gasteiger partial charge in [0, 0.05) is 6.42 Å². The predicted octanol–water partition coefficient (Wildman–Crippen LogP) is 3.18. The van der Waals surface area contributed by atoms with E-state index < -0.39 is 0 Å². The third kappa shape index (κ3) is 5.61. The smallest absolute Gasteiger partial charge is 0.224 e. The lowest BCUT2D eigenvalue weighted by molar-refractivity contribution is -0.116. The van der Waals surface area contributed by atoms with Gasteiger partial charge in [-0.25, -0.2) is 0 Å². The number of anilines is 1. The molecule has 0 unspecified atom stereocenters. The van der Waals surface area contributed by atoms with Crippen molar-refractivity contribution in [3.63, 3.8) is 0 Å². The largest absolute Gasteiger partial charge is 0.492 e. The fourth-order valence-electron chi connectivity index (χ4n) is 2.03. The first kappa shape index (κ1) is 16.5. The van der Waals surface area contributed by atoms with E-state index in [1.807, 2.05) is 31.2 Å². The number of carbonyl (C=O) groups excluding carboxylic acids is 1. The van der Waals surface area contributed by atoms with Crippen molar-refractivity contribution in [2.24, 2.45) is 11.1 Å². The van der Waals surface area contributed by atoms with E-state index in [2.05, 4.69) is 19.2 Å². The van der Waals surface area contributed by atoms with E-state index in [4.69, 9.17) is 10.5 Å². The monoisotopic (exact) mass is 278 g/mol. The van der Waals surface area contributed by atoms with Crippen LogP contribution in [0.4, 0.5) is 5.69 Å². The van der Waals surface area contributed by atoms with E-state index in [0.717, 1.165) is 18.5 Å². The summed E-state index contributed by atoms with van der Waals surface area (Å²) in [5, 5.41) is 2.91. The second-order valence-electron chi connectivity index (χ2n) is 5.68. The van der Waals surface area contributed by atoms with Gasteiger partial charge in [-0.05, 0) is 43.9 Å². The van der Waals surface area contributed by atoms with Gasteiger partial charge in [0.1, 0.15) is 5.75 Å². The zero-order valence-electron chi connectivity index (χ0n) is 12.7. The van der Waals surface area contributed by atoms with Gasteiger partial charge in [0.25, 0.3) is 0 Å². The number of ether oxygens (including phenoxy) is 1. The van der Waals surface area contributed by atoms with Crippen LogP contribution in [-0.4, -0.2) is 19.1 Å². The zero-order chi connectivity index (χ0) is 15.0. The minimum absolute atomic E-state index is 0.0160. The second kappa shape index (κ2) is 7.90. The number of para-hydroxylation sites is 2. The van der Waals surface area contributed by atoms with Crippen LogP contribution in [0.2, 0.25) is 0 Å². The summed E-state index contributed by atoms with van der Waals surface area (Å²) in [6.07, 6.45) is 2.25. The number of hydrogen-bond acceptors (Lipinski definition) is 3. The van der Waals surface area contributed by atoms with Crippen LogP contribution in [0.1, 0.15) is 40.0 Å². The number of benzene rings is 1. The normalized spacial score (nSPS) is 11.2. The summed E-state index contributed by atoms with van der Waals surface area (Å²) in [4.78, 5) is 12.0. The minimum Gasteiger partial charge on any atom is -0.492 e. The van der Waals surface area contributed by atoms with E-state index in [0.29, 0.717) is 25.3 Å². The highest BCUT2D eigenvalue weighted by atomic mass is 16.5. The van der Waals surface area contributed by atoms with Crippen molar-refractivity contribution in [1.82, 2.24) is 0 Å². The summed E-state index contributed by atoms with van der Waals surface area (Å²) in [5.41, 5.74) is 6.42. The van der Waals surface area contributed by atoms with Gasteiger partial charge < -0.3 is 15.8 Å². The average Bonchev–Trinajstić information content (AvgIpc) is 2.39. The number of rotatable bonds is 8. The fourth-order valence-corrected chi connectivity index (χ4v) is 2.03. The van der Waals surface area contributed by atoms with Crippen molar-refractivity contribution in [3.05, 3.63) is 24.3 Å². The molecule has 0 fully saturated rings.